The lowest BCUT2D eigenvalue weighted by Gasteiger charge is -2.08. The van der Waals surface area contributed by atoms with Gasteiger partial charge in [0, 0.05) is 37.0 Å². The first-order valence-corrected chi connectivity index (χ1v) is 14.5. The third-order valence-electron chi connectivity index (χ3n) is 5.77. The van der Waals surface area contributed by atoms with Crippen LogP contribution in [0.5, 0.6) is 0 Å². The fourth-order valence-corrected chi connectivity index (χ4v) is 7.40. The fourth-order valence-electron chi connectivity index (χ4n) is 4.13. The first-order chi connectivity index (χ1) is 17.1. The molecule has 35 heavy (non-hydrogen) atoms. The average molecular weight is 533 g/mol. The summed E-state index contributed by atoms with van der Waals surface area (Å²) in [5.41, 5.74) is 6.77. The number of benzene rings is 2. The number of aromatic amines is 2. The van der Waals surface area contributed by atoms with Crippen molar-refractivity contribution in [1.29, 1.82) is 0 Å². The number of nitrogens with one attached hydrogen (secondary N) is 2. The molecule has 0 spiro atoms. The molecule has 2 N–H and O–H groups in total. The highest BCUT2D eigenvalue weighted by molar-refractivity contribution is 7.62. The Bertz CT molecular complexity index is 1700. The Morgan fingerprint density at radius 3 is 2.17 bits per heavy atom. The molecular weight excluding hydrogens is 514 g/mol. The molecule has 4 heterocycles. The number of fused-ring (bicyclic) bond motifs is 2. The van der Waals surface area contributed by atoms with E-state index < -0.39 is 0 Å². The van der Waals surface area contributed by atoms with Gasteiger partial charge in [0.25, 0.3) is 0 Å². The van der Waals surface area contributed by atoms with Gasteiger partial charge in [0.15, 0.2) is 0 Å². The summed E-state index contributed by atoms with van der Waals surface area (Å²) in [5.74, 6) is 0. The molecule has 0 amide bonds. The van der Waals surface area contributed by atoms with E-state index in [1.54, 1.807) is 35.1 Å². The number of hydrogen-bond acceptors (Lipinski definition) is 6. The van der Waals surface area contributed by atoms with Crippen LogP contribution in [0.2, 0.25) is 0 Å². The lowest BCUT2D eigenvalue weighted by molar-refractivity contribution is 0.569. The van der Waals surface area contributed by atoms with Crippen molar-refractivity contribution in [2.75, 3.05) is 0 Å². The summed E-state index contributed by atoms with van der Waals surface area (Å²) >= 11 is 3.52. The van der Waals surface area contributed by atoms with E-state index >= 15 is 0 Å². The monoisotopic (exact) mass is 532 g/mol. The molecule has 6 aromatic rings. The van der Waals surface area contributed by atoms with Gasteiger partial charge in [-0.25, -0.2) is 9.97 Å². The highest BCUT2D eigenvalue weighted by Crippen LogP contribution is 2.42. The molecule has 2 aromatic carbocycles. The van der Waals surface area contributed by atoms with Gasteiger partial charge in [-0.05, 0) is 53.1 Å². The third-order valence-corrected chi connectivity index (χ3v) is 9.44. The van der Waals surface area contributed by atoms with Crippen molar-refractivity contribution in [2.45, 2.75) is 6.92 Å². The molecular formula is C25H18N4O2P2S2. The molecule has 0 saturated carbocycles. The molecule has 172 valence electrons. The van der Waals surface area contributed by atoms with Crippen LogP contribution in [0.3, 0.4) is 0 Å². The van der Waals surface area contributed by atoms with Crippen molar-refractivity contribution < 1.29 is 9.59 Å². The van der Waals surface area contributed by atoms with Gasteiger partial charge in [-0.2, -0.15) is 0 Å². The van der Waals surface area contributed by atoms with E-state index in [1.165, 1.54) is 25.2 Å². The van der Waals surface area contributed by atoms with Crippen LogP contribution in [-0.4, -0.2) is 32.0 Å². The highest BCUT2D eigenvalue weighted by atomic mass is 32.1. The van der Waals surface area contributed by atoms with Crippen LogP contribution in [0.1, 0.15) is 5.56 Å². The quantitative estimate of drug-likeness (QED) is 0.199. The second-order valence-corrected chi connectivity index (χ2v) is 12.2. The Morgan fingerprint density at radius 1 is 0.771 bits per heavy atom. The summed E-state index contributed by atoms with van der Waals surface area (Å²) in [6.07, 6.45) is 3.60. The number of thiophene rings is 2. The largest absolute Gasteiger partial charge is 0.338 e. The van der Waals surface area contributed by atoms with Gasteiger partial charge in [-0.1, -0.05) is 18.2 Å². The molecule has 2 unspecified atom stereocenters. The predicted octanol–water partition coefficient (Wildman–Crippen LogP) is 5.86. The van der Waals surface area contributed by atoms with E-state index in [0.29, 0.717) is 5.57 Å². The highest BCUT2D eigenvalue weighted by Gasteiger charge is 2.13. The molecule has 2 atom stereocenters. The van der Waals surface area contributed by atoms with E-state index in [-0.39, 0.29) is 17.2 Å². The summed E-state index contributed by atoms with van der Waals surface area (Å²) in [6.45, 7) is 2.10. The predicted molar refractivity (Wildman–Crippen MR) is 152 cm³/mol. The molecule has 10 heteroatoms. The number of aryl methyl sites for hydroxylation is 1. The minimum atomic E-state index is 0.0404. The van der Waals surface area contributed by atoms with Crippen molar-refractivity contribution >= 4 is 83.2 Å². The lowest BCUT2D eigenvalue weighted by Crippen LogP contribution is -1.98. The molecule has 0 fully saturated rings. The molecule has 6 rings (SSSR count). The Morgan fingerprint density at radius 2 is 1.43 bits per heavy atom. The van der Waals surface area contributed by atoms with E-state index in [2.05, 4.69) is 69.3 Å². The second-order valence-electron chi connectivity index (χ2n) is 7.99. The minimum Gasteiger partial charge on any atom is -0.338 e. The number of carbonyl (C=O) groups is 2. The zero-order valence-electron chi connectivity index (χ0n) is 18.4. The summed E-state index contributed by atoms with van der Waals surface area (Å²) in [4.78, 5) is 39.0. The summed E-state index contributed by atoms with van der Waals surface area (Å²) in [5, 5.41) is 2.35. The first-order valence-electron chi connectivity index (χ1n) is 10.7. The smallest absolute Gasteiger partial charge is 0.146 e. The van der Waals surface area contributed by atoms with Gasteiger partial charge in [-0.3, -0.25) is 9.59 Å². The molecule has 6 nitrogen and oxygen atoms in total. The van der Waals surface area contributed by atoms with Crippen molar-refractivity contribution in [1.82, 2.24) is 19.9 Å². The third kappa shape index (κ3) is 4.28. The number of carbonyl (C=O) groups excluding carboxylic acids is 2. The molecule has 0 aliphatic rings. The zero-order valence-corrected chi connectivity index (χ0v) is 22.0. The van der Waals surface area contributed by atoms with Crippen molar-refractivity contribution in [3.8, 4) is 32.3 Å². The van der Waals surface area contributed by atoms with E-state index in [4.69, 9.17) is 0 Å². The van der Waals surface area contributed by atoms with Crippen LogP contribution >= 0.6 is 39.8 Å². The number of aromatic nitrogens is 4. The van der Waals surface area contributed by atoms with Crippen LogP contribution in [0.4, 0.5) is 0 Å². The average Bonchev–Trinajstić information content (AvgIpc) is 3.62. The van der Waals surface area contributed by atoms with E-state index in [9.17, 15) is 9.59 Å². The maximum Gasteiger partial charge on any atom is 0.146 e. The number of H-pyrrole nitrogens is 2. The maximum absolute atomic E-state index is 10.8. The van der Waals surface area contributed by atoms with E-state index in [1.807, 2.05) is 0 Å². The van der Waals surface area contributed by atoms with Crippen molar-refractivity contribution in [3.05, 3.63) is 60.4 Å². The van der Waals surface area contributed by atoms with Gasteiger partial charge in [0.05, 0.1) is 28.7 Å². The van der Waals surface area contributed by atoms with Crippen molar-refractivity contribution in [3.63, 3.8) is 0 Å². The Kier molecular flexibility index (Phi) is 5.91. The Balaban J connectivity index is 1.31. The molecule has 0 aliphatic carbocycles. The summed E-state index contributed by atoms with van der Waals surface area (Å²) < 4.78 is 2.48. The van der Waals surface area contributed by atoms with Crippen LogP contribution < -0.4 is 11.1 Å². The molecule has 4 aromatic heterocycles. The van der Waals surface area contributed by atoms with E-state index in [0.717, 1.165) is 50.4 Å². The molecule has 0 bridgehead atoms. The Hall–Kier alpha value is -3.02. The van der Waals surface area contributed by atoms with Gasteiger partial charge in [0.1, 0.15) is 23.2 Å². The van der Waals surface area contributed by atoms with Gasteiger partial charge >= 0.3 is 0 Å². The van der Waals surface area contributed by atoms with Crippen LogP contribution in [0, 0.1) is 6.92 Å². The molecule has 0 radical (unpaired) electrons. The normalized spacial score (nSPS) is 12.1. The molecule has 0 aliphatic heterocycles. The van der Waals surface area contributed by atoms with Crippen LogP contribution in [-0.2, 0) is 9.59 Å². The number of rotatable bonds is 7. The minimum absolute atomic E-state index is 0.0404. The maximum atomic E-state index is 10.8. The summed E-state index contributed by atoms with van der Waals surface area (Å²) in [7, 11) is 0.0939. The van der Waals surface area contributed by atoms with Crippen molar-refractivity contribution in [2.24, 2.45) is 0 Å². The second kappa shape index (κ2) is 9.21. The number of hydrogen-bond donors (Lipinski definition) is 2. The van der Waals surface area contributed by atoms with Crippen LogP contribution in [0.15, 0.2) is 54.9 Å². The van der Waals surface area contributed by atoms with Gasteiger partial charge < -0.3 is 9.97 Å². The standard InChI is InChI=1S/C25H18N4O2P2S2/c1-13-4-16-5-15(3-2-14(16)6-17(13)18-9-26-24(28-18)32-11-30)20-7-22-23(34-20)8-21(35-22)19-10-27-25(29-19)33-12-31/h2-12,32-33H,1H3,(H,26,28)(H,27,29). The topological polar surface area (TPSA) is 91.5 Å². The van der Waals surface area contributed by atoms with Gasteiger partial charge in [0.2, 0.25) is 0 Å². The summed E-state index contributed by atoms with van der Waals surface area (Å²) in [6, 6.07) is 17.2. The lowest BCUT2D eigenvalue weighted by atomic mass is 9.98. The van der Waals surface area contributed by atoms with Gasteiger partial charge in [-0.15, -0.1) is 22.7 Å². The zero-order chi connectivity index (χ0) is 23.9. The van der Waals surface area contributed by atoms with Crippen LogP contribution in [0.25, 0.3) is 52.4 Å². The first kappa shape index (κ1) is 22.4. The SMILES string of the molecule is Cc1cc2cc(-c3cc4sc(-c5cnc(PC=O)[nH]5)cc4s3)ccc2cc1-c1cnc(PC=O)[nH]1. The number of nitrogens with zero attached hydrogens (tertiary/aromatic N) is 2. The number of imidazole rings is 2. The Labute approximate surface area is 211 Å². The fraction of sp³-hybridized carbons (Fsp3) is 0.0400. The molecule has 0 saturated heterocycles.